The van der Waals surface area contributed by atoms with Crippen molar-refractivity contribution in [1.29, 1.82) is 0 Å². The third-order valence-electron chi connectivity index (χ3n) is 6.21. The number of sulfone groups is 1. The van der Waals surface area contributed by atoms with E-state index in [-0.39, 0.29) is 35.8 Å². The number of aliphatic hydroxyl groups excluding tert-OH is 1. The normalized spacial score (nSPS) is 26.5. The molecule has 2 heterocycles. The van der Waals surface area contributed by atoms with E-state index in [0.717, 1.165) is 12.1 Å². The molecule has 1 N–H and O–H groups in total. The molecule has 168 valence electrons. The van der Waals surface area contributed by atoms with E-state index in [1.165, 1.54) is 24.3 Å². The van der Waals surface area contributed by atoms with Crippen LogP contribution in [0.5, 0.6) is 5.75 Å². The van der Waals surface area contributed by atoms with Crippen molar-refractivity contribution in [3.8, 4) is 5.75 Å². The summed E-state index contributed by atoms with van der Waals surface area (Å²) >= 11 is 5.94. The van der Waals surface area contributed by atoms with Gasteiger partial charge in [0.25, 0.3) is 0 Å². The van der Waals surface area contributed by atoms with Crippen molar-refractivity contribution in [1.82, 2.24) is 0 Å². The van der Waals surface area contributed by atoms with Crippen molar-refractivity contribution < 1.29 is 31.8 Å². The topological polar surface area (TPSA) is 72.8 Å². The maximum Gasteiger partial charge on any atom is 0.189 e. The largest absolute Gasteiger partial charge is 0.490 e. The molecular weight excluding hydrogens is 450 g/mol. The molecule has 4 atom stereocenters. The summed E-state index contributed by atoms with van der Waals surface area (Å²) in [7, 11) is -4.21. The lowest BCUT2D eigenvalue weighted by molar-refractivity contribution is -0.0795. The smallest absolute Gasteiger partial charge is 0.189 e. The summed E-state index contributed by atoms with van der Waals surface area (Å²) in [5.74, 6) is -2.81. The van der Waals surface area contributed by atoms with E-state index >= 15 is 4.39 Å². The van der Waals surface area contributed by atoms with E-state index < -0.39 is 44.3 Å². The summed E-state index contributed by atoms with van der Waals surface area (Å²) in [6, 6.07) is 7.51. The summed E-state index contributed by atoms with van der Waals surface area (Å²) in [6.45, 7) is 1.52. The minimum absolute atomic E-state index is 0.0328. The first-order chi connectivity index (χ1) is 14.7. The van der Waals surface area contributed by atoms with Crippen molar-refractivity contribution in [3.63, 3.8) is 0 Å². The Morgan fingerprint density at radius 1 is 1.19 bits per heavy atom. The quantitative estimate of drug-likeness (QED) is 0.704. The molecule has 2 aliphatic rings. The average Bonchev–Trinajstić information content (AvgIpc) is 2.74. The number of hydrogen-bond acceptors (Lipinski definition) is 5. The van der Waals surface area contributed by atoms with Crippen LogP contribution in [-0.2, 0) is 19.3 Å². The van der Waals surface area contributed by atoms with Crippen LogP contribution in [0.1, 0.15) is 31.7 Å². The Morgan fingerprint density at radius 2 is 1.87 bits per heavy atom. The highest BCUT2D eigenvalue weighted by Crippen LogP contribution is 2.56. The first-order valence-electron chi connectivity index (χ1n) is 10.1. The van der Waals surface area contributed by atoms with Gasteiger partial charge in [0.2, 0.25) is 0 Å². The van der Waals surface area contributed by atoms with Crippen LogP contribution in [0.3, 0.4) is 0 Å². The molecule has 0 bridgehead atoms. The average molecular weight is 473 g/mol. The number of ether oxygens (including phenoxy) is 2. The van der Waals surface area contributed by atoms with E-state index in [4.69, 9.17) is 21.1 Å². The molecule has 0 radical (unpaired) electrons. The maximum atomic E-state index is 15.2. The van der Waals surface area contributed by atoms with Crippen molar-refractivity contribution in [2.24, 2.45) is 5.92 Å². The first kappa shape index (κ1) is 22.5. The minimum atomic E-state index is -4.21. The second-order valence-corrected chi connectivity index (χ2v) is 10.7. The molecule has 0 saturated carbocycles. The van der Waals surface area contributed by atoms with Crippen molar-refractivity contribution in [3.05, 3.63) is 58.6 Å². The molecule has 0 unspecified atom stereocenters. The first-order valence-corrected chi connectivity index (χ1v) is 12.0. The lowest BCUT2D eigenvalue weighted by Gasteiger charge is -2.50. The molecule has 1 fully saturated rings. The Morgan fingerprint density at radius 3 is 2.55 bits per heavy atom. The van der Waals surface area contributed by atoms with Gasteiger partial charge in [0.15, 0.2) is 21.4 Å². The zero-order chi connectivity index (χ0) is 22.4. The fourth-order valence-corrected chi connectivity index (χ4v) is 7.21. The Kier molecular flexibility index (Phi) is 6.02. The van der Waals surface area contributed by atoms with Gasteiger partial charge in [0.05, 0.1) is 29.3 Å². The number of fused-ring (bicyclic) bond motifs is 3. The van der Waals surface area contributed by atoms with Gasteiger partial charge in [-0.15, -0.1) is 0 Å². The van der Waals surface area contributed by atoms with Gasteiger partial charge in [-0.1, -0.05) is 11.6 Å². The van der Waals surface area contributed by atoms with E-state index in [1.807, 2.05) is 0 Å². The Labute approximate surface area is 184 Å². The van der Waals surface area contributed by atoms with Crippen molar-refractivity contribution in [2.75, 3.05) is 13.2 Å². The number of aliphatic hydroxyl groups is 1. The second kappa shape index (κ2) is 8.31. The zero-order valence-electron chi connectivity index (χ0n) is 16.9. The van der Waals surface area contributed by atoms with Crippen LogP contribution in [0.4, 0.5) is 8.78 Å². The van der Waals surface area contributed by atoms with E-state index in [9.17, 15) is 17.9 Å². The second-order valence-electron chi connectivity index (χ2n) is 8.08. The van der Waals surface area contributed by atoms with E-state index in [2.05, 4.69) is 0 Å². The zero-order valence-corrected chi connectivity index (χ0v) is 18.4. The highest BCUT2D eigenvalue weighted by Gasteiger charge is 2.61. The molecule has 9 heteroatoms. The van der Waals surface area contributed by atoms with Gasteiger partial charge < -0.3 is 14.6 Å². The van der Waals surface area contributed by atoms with Gasteiger partial charge in [0, 0.05) is 17.5 Å². The number of rotatable bonds is 5. The number of halogens is 3. The van der Waals surface area contributed by atoms with Gasteiger partial charge in [-0.05, 0) is 62.6 Å². The van der Waals surface area contributed by atoms with Crippen LogP contribution in [-0.4, -0.2) is 38.9 Å². The molecule has 5 nitrogen and oxygen atoms in total. The minimum Gasteiger partial charge on any atom is -0.490 e. The van der Waals surface area contributed by atoms with Gasteiger partial charge in [-0.3, -0.25) is 0 Å². The van der Waals surface area contributed by atoms with Gasteiger partial charge in [0.1, 0.15) is 10.6 Å². The third kappa shape index (κ3) is 3.63. The van der Waals surface area contributed by atoms with Crippen molar-refractivity contribution >= 4 is 21.4 Å². The predicted octanol–water partition coefficient (Wildman–Crippen LogP) is 4.25. The standard InChI is InChI=1S/C22H23ClF2O5S/c1-13(26)2-9-19-16-12-30-21-18(25)8-7-17(24)20(21)22(16,10-11-29-19)31(27,28)15-5-3-14(23)4-6-15/h3-8,13,16,19,26H,2,9-12H2,1H3/t13-,16+,19+,22+/m0/s1. The SMILES string of the molecule is C[C@H](O)CC[C@H]1OCC[C@]2(S(=O)(=O)c3ccc(Cl)cc3)c3c(F)ccc(F)c3OC[C@H]12. The molecular formula is C22H23ClF2O5S. The lowest BCUT2D eigenvalue weighted by atomic mass is 9.74. The van der Waals surface area contributed by atoms with Crippen LogP contribution in [0.15, 0.2) is 41.3 Å². The molecule has 0 spiro atoms. The fraction of sp³-hybridized carbons (Fsp3) is 0.455. The van der Waals surface area contributed by atoms with Gasteiger partial charge in [-0.2, -0.15) is 0 Å². The summed E-state index contributed by atoms with van der Waals surface area (Å²) in [5, 5.41) is 10.1. The summed E-state index contributed by atoms with van der Waals surface area (Å²) < 4.78 is 67.6. The Bertz CT molecular complexity index is 1070. The predicted molar refractivity (Wildman–Crippen MR) is 111 cm³/mol. The maximum absolute atomic E-state index is 15.2. The van der Waals surface area contributed by atoms with Crippen LogP contribution < -0.4 is 4.74 Å². The van der Waals surface area contributed by atoms with Crippen LogP contribution in [0.2, 0.25) is 5.02 Å². The molecule has 0 aromatic heterocycles. The number of benzene rings is 2. The summed E-state index contributed by atoms with van der Waals surface area (Å²) in [5.41, 5.74) is -0.288. The highest BCUT2D eigenvalue weighted by atomic mass is 35.5. The molecule has 2 aliphatic heterocycles. The van der Waals surface area contributed by atoms with Gasteiger partial charge in [-0.25, -0.2) is 17.2 Å². The monoisotopic (exact) mass is 472 g/mol. The van der Waals surface area contributed by atoms with Crippen LogP contribution in [0, 0.1) is 17.6 Å². The molecule has 2 aromatic rings. The molecule has 31 heavy (non-hydrogen) atoms. The molecule has 0 aliphatic carbocycles. The highest BCUT2D eigenvalue weighted by molar-refractivity contribution is 7.92. The molecule has 2 aromatic carbocycles. The van der Waals surface area contributed by atoms with Crippen LogP contribution >= 0.6 is 11.6 Å². The van der Waals surface area contributed by atoms with E-state index in [1.54, 1.807) is 6.92 Å². The Hall–Kier alpha value is -1.74. The fourth-order valence-electron chi connectivity index (χ4n) is 4.74. The van der Waals surface area contributed by atoms with Gasteiger partial charge >= 0.3 is 0 Å². The summed E-state index contributed by atoms with van der Waals surface area (Å²) in [6.07, 6.45) is -0.545. The summed E-state index contributed by atoms with van der Waals surface area (Å²) in [4.78, 5) is -0.0328. The molecule has 4 rings (SSSR count). The lowest BCUT2D eigenvalue weighted by Crippen LogP contribution is -2.57. The number of hydrogen-bond donors (Lipinski definition) is 1. The third-order valence-corrected chi connectivity index (χ3v) is 9.03. The van der Waals surface area contributed by atoms with E-state index in [0.29, 0.717) is 17.9 Å². The molecule has 0 amide bonds. The Balaban J connectivity index is 1.95. The molecule has 1 saturated heterocycles. The van der Waals surface area contributed by atoms with Crippen LogP contribution in [0.25, 0.3) is 0 Å². The van der Waals surface area contributed by atoms with Crippen molar-refractivity contribution in [2.45, 2.75) is 48.0 Å².